The van der Waals surface area contributed by atoms with Gasteiger partial charge in [-0.25, -0.2) is 4.39 Å². The summed E-state index contributed by atoms with van der Waals surface area (Å²) in [5.41, 5.74) is 0.908. The van der Waals surface area contributed by atoms with E-state index in [4.69, 9.17) is 14.2 Å². The Balaban J connectivity index is 1.84. The molecule has 0 spiro atoms. The van der Waals surface area contributed by atoms with Crippen LogP contribution in [-0.2, 0) is 4.79 Å². The SMILES string of the molecule is COc1ccc(C(C)NC(=O)CCOc2ccc(F)cc2)cc1OC. The second-order valence-electron chi connectivity index (χ2n) is 5.46. The number of hydrogen-bond acceptors (Lipinski definition) is 4. The first kappa shape index (κ1) is 18.6. The molecule has 134 valence electrons. The van der Waals surface area contributed by atoms with Crippen LogP contribution in [0.1, 0.15) is 24.9 Å². The first-order valence-electron chi connectivity index (χ1n) is 7.93. The van der Waals surface area contributed by atoms with Crippen molar-refractivity contribution in [3.8, 4) is 17.2 Å². The van der Waals surface area contributed by atoms with Gasteiger partial charge in [-0.15, -0.1) is 0 Å². The van der Waals surface area contributed by atoms with Crippen LogP contribution in [0.15, 0.2) is 42.5 Å². The van der Waals surface area contributed by atoms with E-state index in [-0.39, 0.29) is 30.8 Å². The lowest BCUT2D eigenvalue weighted by Crippen LogP contribution is -2.27. The molecule has 0 aromatic heterocycles. The number of ether oxygens (including phenoxy) is 3. The fraction of sp³-hybridized carbons (Fsp3) is 0.316. The van der Waals surface area contributed by atoms with Crippen LogP contribution in [-0.4, -0.2) is 26.7 Å². The molecular formula is C19H22FNO4. The third-order valence-electron chi connectivity index (χ3n) is 3.70. The molecule has 0 aliphatic heterocycles. The Kier molecular flexibility index (Phi) is 6.62. The highest BCUT2D eigenvalue weighted by Crippen LogP contribution is 2.29. The van der Waals surface area contributed by atoms with Crippen LogP contribution in [0.5, 0.6) is 17.2 Å². The normalized spacial score (nSPS) is 11.5. The van der Waals surface area contributed by atoms with E-state index in [9.17, 15) is 9.18 Å². The number of methoxy groups -OCH3 is 2. The molecule has 1 amide bonds. The Bertz CT molecular complexity index is 703. The highest BCUT2D eigenvalue weighted by Gasteiger charge is 2.12. The van der Waals surface area contributed by atoms with Crippen LogP contribution in [0.25, 0.3) is 0 Å². The topological polar surface area (TPSA) is 56.8 Å². The van der Waals surface area contributed by atoms with Crippen molar-refractivity contribution in [3.63, 3.8) is 0 Å². The average molecular weight is 347 g/mol. The van der Waals surface area contributed by atoms with E-state index in [1.165, 1.54) is 24.3 Å². The third kappa shape index (κ3) is 5.38. The van der Waals surface area contributed by atoms with E-state index in [1.807, 2.05) is 19.1 Å². The van der Waals surface area contributed by atoms with Crippen molar-refractivity contribution in [1.29, 1.82) is 0 Å². The second kappa shape index (κ2) is 8.92. The van der Waals surface area contributed by atoms with Crippen molar-refractivity contribution in [2.24, 2.45) is 0 Å². The summed E-state index contributed by atoms with van der Waals surface area (Å²) in [5.74, 6) is 1.32. The lowest BCUT2D eigenvalue weighted by Gasteiger charge is -2.16. The van der Waals surface area contributed by atoms with Gasteiger partial charge < -0.3 is 19.5 Å². The van der Waals surface area contributed by atoms with Crippen LogP contribution in [0.2, 0.25) is 0 Å². The van der Waals surface area contributed by atoms with Crippen LogP contribution < -0.4 is 19.5 Å². The molecule has 25 heavy (non-hydrogen) atoms. The number of benzene rings is 2. The quantitative estimate of drug-likeness (QED) is 0.794. The average Bonchev–Trinajstić information content (AvgIpc) is 2.62. The van der Waals surface area contributed by atoms with Gasteiger partial charge >= 0.3 is 0 Å². The van der Waals surface area contributed by atoms with Crippen molar-refractivity contribution in [2.45, 2.75) is 19.4 Å². The number of halogens is 1. The standard InChI is InChI=1S/C19H22FNO4/c1-13(14-4-9-17(23-2)18(12-14)24-3)21-19(22)10-11-25-16-7-5-15(20)6-8-16/h4-9,12-13H,10-11H2,1-3H3,(H,21,22). The van der Waals surface area contributed by atoms with Crippen molar-refractivity contribution in [3.05, 3.63) is 53.8 Å². The maximum atomic E-state index is 12.8. The molecule has 2 aromatic carbocycles. The Hall–Kier alpha value is -2.76. The predicted octanol–water partition coefficient (Wildman–Crippen LogP) is 3.49. The van der Waals surface area contributed by atoms with Crippen molar-refractivity contribution in [1.82, 2.24) is 5.32 Å². The summed E-state index contributed by atoms with van der Waals surface area (Å²) < 4.78 is 28.7. The summed E-state index contributed by atoms with van der Waals surface area (Å²) in [6.07, 6.45) is 0.203. The number of amides is 1. The van der Waals surface area contributed by atoms with E-state index in [2.05, 4.69) is 5.32 Å². The lowest BCUT2D eigenvalue weighted by molar-refractivity contribution is -0.122. The molecule has 1 N–H and O–H groups in total. The number of carbonyl (C=O) groups excluding carboxylic acids is 1. The van der Waals surface area contributed by atoms with E-state index < -0.39 is 0 Å². The zero-order chi connectivity index (χ0) is 18.2. The summed E-state index contributed by atoms with van der Waals surface area (Å²) in [7, 11) is 3.14. The smallest absolute Gasteiger partial charge is 0.223 e. The molecule has 0 heterocycles. The van der Waals surface area contributed by atoms with Gasteiger partial charge in [0.2, 0.25) is 5.91 Å². The predicted molar refractivity (Wildman–Crippen MR) is 92.6 cm³/mol. The molecule has 5 nitrogen and oxygen atoms in total. The Morgan fingerprint density at radius 2 is 1.76 bits per heavy atom. The van der Waals surface area contributed by atoms with Crippen molar-refractivity contribution < 1.29 is 23.4 Å². The Labute approximate surface area is 146 Å². The van der Waals surface area contributed by atoms with Crippen LogP contribution in [0.4, 0.5) is 4.39 Å². The van der Waals surface area contributed by atoms with Gasteiger partial charge in [0, 0.05) is 0 Å². The number of hydrogen-bond donors (Lipinski definition) is 1. The maximum absolute atomic E-state index is 12.8. The first-order chi connectivity index (χ1) is 12.0. The minimum Gasteiger partial charge on any atom is -0.493 e. The van der Waals surface area contributed by atoms with Gasteiger partial charge in [-0.2, -0.15) is 0 Å². The Morgan fingerprint density at radius 3 is 2.40 bits per heavy atom. The van der Waals surface area contributed by atoms with Crippen LogP contribution >= 0.6 is 0 Å². The number of rotatable bonds is 8. The van der Waals surface area contributed by atoms with E-state index >= 15 is 0 Å². The highest BCUT2D eigenvalue weighted by molar-refractivity contribution is 5.76. The van der Waals surface area contributed by atoms with Gasteiger partial charge in [0.05, 0.1) is 33.3 Å². The number of nitrogens with one attached hydrogen (secondary N) is 1. The summed E-state index contributed by atoms with van der Waals surface area (Å²) in [6, 6.07) is 11.0. The monoisotopic (exact) mass is 347 g/mol. The Morgan fingerprint density at radius 1 is 1.08 bits per heavy atom. The van der Waals surface area contributed by atoms with Crippen molar-refractivity contribution >= 4 is 5.91 Å². The summed E-state index contributed by atoms with van der Waals surface area (Å²) in [6.45, 7) is 2.11. The second-order valence-corrected chi connectivity index (χ2v) is 5.46. The minimum absolute atomic E-state index is 0.135. The molecule has 6 heteroatoms. The molecule has 2 aromatic rings. The van der Waals surface area contributed by atoms with Crippen molar-refractivity contribution in [2.75, 3.05) is 20.8 Å². The van der Waals surface area contributed by atoms with E-state index in [0.29, 0.717) is 17.2 Å². The largest absolute Gasteiger partial charge is 0.493 e. The van der Waals surface area contributed by atoms with Gasteiger partial charge in [-0.3, -0.25) is 4.79 Å². The fourth-order valence-corrected chi connectivity index (χ4v) is 2.31. The molecule has 0 radical (unpaired) electrons. The molecule has 0 saturated heterocycles. The molecular weight excluding hydrogens is 325 g/mol. The van der Waals surface area contributed by atoms with E-state index in [1.54, 1.807) is 20.3 Å². The summed E-state index contributed by atoms with van der Waals surface area (Å²) >= 11 is 0. The summed E-state index contributed by atoms with van der Waals surface area (Å²) in [4.78, 5) is 12.0. The third-order valence-corrected chi connectivity index (χ3v) is 3.70. The van der Waals surface area contributed by atoms with Gasteiger partial charge in [0.15, 0.2) is 11.5 Å². The highest BCUT2D eigenvalue weighted by atomic mass is 19.1. The van der Waals surface area contributed by atoms with Gasteiger partial charge in [0.1, 0.15) is 11.6 Å². The fourth-order valence-electron chi connectivity index (χ4n) is 2.31. The minimum atomic E-state index is -0.325. The molecule has 0 fully saturated rings. The molecule has 1 atom stereocenters. The molecule has 0 saturated carbocycles. The molecule has 1 unspecified atom stereocenters. The lowest BCUT2D eigenvalue weighted by atomic mass is 10.1. The van der Waals surface area contributed by atoms with Crippen LogP contribution in [0, 0.1) is 5.82 Å². The first-order valence-corrected chi connectivity index (χ1v) is 7.93. The van der Waals surface area contributed by atoms with Gasteiger partial charge in [-0.05, 0) is 48.9 Å². The zero-order valence-electron chi connectivity index (χ0n) is 14.5. The molecule has 0 aliphatic carbocycles. The maximum Gasteiger partial charge on any atom is 0.223 e. The molecule has 0 bridgehead atoms. The molecule has 0 aliphatic rings. The van der Waals surface area contributed by atoms with Gasteiger partial charge in [-0.1, -0.05) is 6.07 Å². The van der Waals surface area contributed by atoms with Gasteiger partial charge in [0.25, 0.3) is 0 Å². The number of carbonyl (C=O) groups is 1. The van der Waals surface area contributed by atoms with Crippen LogP contribution in [0.3, 0.4) is 0 Å². The van der Waals surface area contributed by atoms with E-state index in [0.717, 1.165) is 5.56 Å². The molecule has 2 rings (SSSR count). The zero-order valence-corrected chi connectivity index (χ0v) is 14.5. The summed E-state index contributed by atoms with van der Waals surface area (Å²) in [5, 5.41) is 2.91.